The van der Waals surface area contributed by atoms with Crippen molar-refractivity contribution in [2.45, 2.75) is 117 Å². The molecule has 15 atom stereocenters. The van der Waals surface area contributed by atoms with Gasteiger partial charge in [-0.1, -0.05) is 0 Å². The third kappa shape index (κ3) is 9.42. The molecule has 1 aliphatic carbocycles. The first kappa shape index (κ1) is 36.3. The zero-order chi connectivity index (χ0) is 31.8. The summed E-state index contributed by atoms with van der Waals surface area (Å²) in [6.45, 7) is -0.362. The van der Waals surface area contributed by atoms with Gasteiger partial charge in [0.05, 0.1) is 43.5 Å². The van der Waals surface area contributed by atoms with Crippen molar-refractivity contribution >= 4 is 5.84 Å². The largest absolute Gasteiger partial charge is 0.394 e. The van der Waals surface area contributed by atoms with Crippen LogP contribution in [0.1, 0.15) is 25.7 Å². The van der Waals surface area contributed by atoms with Gasteiger partial charge in [0.1, 0.15) is 48.6 Å². The Morgan fingerprint density at radius 2 is 1.63 bits per heavy atom. The van der Waals surface area contributed by atoms with Crippen LogP contribution >= 0.6 is 0 Å². The zero-order valence-electron chi connectivity index (χ0n) is 24.1. The molecule has 0 amide bonds. The highest BCUT2D eigenvalue weighted by Crippen LogP contribution is 2.31. The second kappa shape index (κ2) is 16.9. The van der Waals surface area contributed by atoms with Gasteiger partial charge in [0.15, 0.2) is 12.6 Å². The van der Waals surface area contributed by atoms with Crippen LogP contribution in [-0.4, -0.2) is 166 Å². The summed E-state index contributed by atoms with van der Waals surface area (Å²) in [6, 6.07) is -3.50. The quantitative estimate of drug-likeness (QED) is 0.0629. The lowest BCUT2D eigenvalue weighted by Gasteiger charge is -2.48. The molecule has 3 rings (SSSR count). The molecule has 1 saturated carbocycles. The third-order valence-electron chi connectivity index (χ3n) is 8.11. The Kier molecular flexibility index (Phi) is 14.3. The molecule has 0 aromatic carbocycles. The van der Waals surface area contributed by atoms with Crippen LogP contribution in [0.25, 0.3) is 0 Å². The molecule has 18 nitrogen and oxygen atoms in total. The Hall–Kier alpha value is -1.17. The van der Waals surface area contributed by atoms with Gasteiger partial charge in [-0.2, -0.15) is 0 Å². The number of aliphatic hydroxyl groups is 7. The molecule has 43 heavy (non-hydrogen) atoms. The molecule has 0 aromatic rings. The first-order chi connectivity index (χ1) is 20.4. The van der Waals surface area contributed by atoms with Gasteiger partial charge in [-0.25, -0.2) is 0 Å². The Morgan fingerprint density at radius 3 is 2.28 bits per heavy atom. The van der Waals surface area contributed by atoms with Crippen molar-refractivity contribution in [3.63, 3.8) is 0 Å². The molecule has 2 heterocycles. The molecule has 9 unspecified atom stereocenters. The molecule has 18 heteroatoms. The monoisotopic (exact) mass is 625 g/mol. The lowest BCUT2D eigenvalue weighted by molar-refractivity contribution is -0.313. The highest BCUT2D eigenvalue weighted by Gasteiger charge is 2.51. The van der Waals surface area contributed by atoms with Gasteiger partial charge in [-0.15, -0.1) is 0 Å². The second-order valence-corrected chi connectivity index (χ2v) is 11.5. The fourth-order valence-corrected chi connectivity index (χ4v) is 5.51. The van der Waals surface area contributed by atoms with Crippen molar-refractivity contribution in [3.8, 4) is 0 Å². The molecular weight excluding hydrogens is 574 g/mol. The lowest BCUT2D eigenvalue weighted by atomic mass is 9.83. The van der Waals surface area contributed by atoms with Crippen molar-refractivity contribution in [2.24, 2.45) is 22.9 Å². The van der Waals surface area contributed by atoms with E-state index in [9.17, 15) is 30.6 Å². The van der Waals surface area contributed by atoms with E-state index in [1.807, 2.05) is 0 Å². The van der Waals surface area contributed by atoms with E-state index in [0.717, 1.165) is 0 Å². The normalized spacial score (nSPS) is 41.9. The first-order valence-corrected chi connectivity index (χ1v) is 14.7. The van der Waals surface area contributed by atoms with Gasteiger partial charge >= 0.3 is 0 Å². The van der Waals surface area contributed by atoms with Crippen LogP contribution in [0.3, 0.4) is 0 Å². The maximum Gasteiger partial charge on any atom is 0.186 e. The van der Waals surface area contributed by atoms with E-state index in [2.05, 4.69) is 10.6 Å². The summed E-state index contributed by atoms with van der Waals surface area (Å²) >= 11 is 0. The molecule has 2 aliphatic heterocycles. The third-order valence-corrected chi connectivity index (χ3v) is 8.11. The molecule has 3 aliphatic rings. The Balaban J connectivity index is 1.76. The van der Waals surface area contributed by atoms with Crippen LogP contribution in [0.2, 0.25) is 0 Å². The average molecular weight is 626 g/mol. The molecular formula is C25H51N7O11. The van der Waals surface area contributed by atoms with Crippen molar-refractivity contribution in [3.05, 3.63) is 0 Å². The highest BCUT2D eigenvalue weighted by atomic mass is 16.7. The summed E-state index contributed by atoms with van der Waals surface area (Å²) in [5.74, 6) is -0.285. The topological polar surface area (TPSA) is 331 Å². The van der Waals surface area contributed by atoms with E-state index in [0.29, 0.717) is 19.4 Å². The second-order valence-electron chi connectivity index (χ2n) is 11.5. The smallest absolute Gasteiger partial charge is 0.186 e. The van der Waals surface area contributed by atoms with Crippen molar-refractivity contribution < 1.29 is 54.7 Å². The summed E-state index contributed by atoms with van der Waals surface area (Å²) in [4.78, 5) is 0. The fourth-order valence-electron chi connectivity index (χ4n) is 5.51. The van der Waals surface area contributed by atoms with Crippen LogP contribution in [0, 0.1) is 5.41 Å². The average Bonchev–Trinajstić information content (AvgIpc) is 2.98. The first-order valence-electron chi connectivity index (χ1n) is 14.7. The van der Waals surface area contributed by atoms with E-state index < -0.39 is 92.2 Å². The maximum absolute atomic E-state index is 11.5. The van der Waals surface area contributed by atoms with Gasteiger partial charge in [-0.05, 0) is 32.2 Å². The fraction of sp³-hybridized carbons (Fsp3) is 0.960. The van der Waals surface area contributed by atoms with Crippen LogP contribution in [-0.2, 0) is 18.9 Å². The molecule has 0 spiro atoms. The predicted octanol–water partition coefficient (Wildman–Crippen LogP) is -6.96. The van der Waals surface area contributed by atoms with Crippen LogP contribution in [0.5, 0.6) is 0 Å². The SMILES string of the molecule is N=C(N[C@@H]1C[C@H](N)C(O[C@H]2O[C@H](CNCC(O)CO)CCC2N)C(O)C1O[C@H]1OC(CO)C(O)[C@H](N)C1O)C(O)CCN. The van der Waals surface area contributed by atoms with Gasteiger partial charge in [0.25, 0.3) is 0 Å². The molecule has 2 saturated heterocycles. The number of hydrogen-bond acceptors (Lipinski definition) is 17. The van der Waals surface area contributed by atoms with E-state index in [1.54, 1.807) is 0 Å². The van der Waals surface area contributed by atoms with Gasteiger partial charge in [-0.3, -0.25) is 5.41 Å². The maximum atomic E-state index is 11.5. The Morgan fingerprint density at radius 1 is 0.930 bits per heavy atom. The standard InChI is InChI=1S/C25H51N7O11/c26-4-3-15(36)23(30)32-14-5-13(28)21(42-24-12(27)2-1-11(40-24)7-31-6-10(35)8-33)20(39)22(14)43-25-19(38)17(29)18(37)16(9-34)41-25/h10-22,24-25,31,33-39H,1-9,26-29H2,(H2,30,32)/t10?,11-,12?,13-,14+,15?,16?,17-,18?,19?,20?,21?,22?,24+,25+/m0/s1. The van der Waals surface area contributed by atoms with E-state index in [-0.39, 0.29) is 44.5 Å². The summed E-state index contributed by atoms with van der Waals surface area (Å²) in [7, 11) is 0. The number of ether oxygens (including phenoxy) is 4. The number of nitrogens with one attached hydrogen (secondary N) is 3. The molecule has 0 radical (unpaired) electrons. The van der Waals surface area contributed by atoms with E-state index in [4.69, 9.17) is 52.4 Å². The van der Waals surface area contributed by atoms with Crippen molar-refractivity contribution in [2.75, 3.05) is 32.8 Å². The minimum Gasteiger partial charge on any atom is -0.394 e. The minimum atomic E-state index is -1.55. The van der Waals surface area contributed by atoms with Crippen LogP contribution in [0.4, 0.5) is 0 Å². The number of rotatable bonds is 14. The molecule has 18 N–H and O–H groups in total. The molecule has 0 aromatic heterocycles. The molecule has 0 bridgehead atoms. The number of amidine groups is 1. The predicted molar refractivity (Wildman–Crippen MR) is 150 cm³/mol. The highest BCUT2D eigenvalue weighted by molar-refractivity contribution is 5.83. The van der Waals surface area contributed by atoms with Gasteiger partial charge in [0.2, 0.25) is 0 Å². The van der Waals surface area contributed by atoms with Gasteiger partial charge < -0.3 is 88.3 Å². The number of nitrogens with two attached hydrogens (primary N) is 4. The van der Waals surface area contributed by atoms with E-state index in [1.165, 1.54) is 0 Å². The summed E-state index contributed by atoms with van der Waals surface area (Å²) < 4.78 is 23.7. The summed E-state index contributed by atoms with van der Waals surface area (Å²) in [5.41, 5.74) is 24.2. The van der Waals surface area contributed by atoms with Crippen LogP contribution in [0.15, 0.2) is 0 Å². The molecule has 252 valence electrons. The number of aliphatic hydroxyl groups excluding tert-OH is 7. The van der Waals surface area contributed by atoms with Crippen molar-refractivity contribution in [1.29, 1.82) is 5.41 Å². The Bertz CT molecular complexity index is 851. The Labute approximate surface area is 250 Å². The van der Waals surface area contributed by atoms with Crippen LogP contribution < -0.4 is 33.6 Å². The summed E-state index contributed by atoms with van der Waals surface area (Å²) in [5, 5.41) is 85.0. The van der Waals surface area contributed by atoms with Gasteiger partial charge in [0, 0.05) is 19.1 Å². The summed E-state index contributed by atoms with van der Waals surface area (Å²) in [6.07, 6.45) is -11.6. The number of hydrogen-bond donors (Lipinski definition) is 14. The van der Waals surface area contributed by atoms with Crippen molar-refractivity contribution in [1.82, 2.24) is 10.6 Å². The molecule has 3 fully saturated rings. The van der Waals surface area contributed by atoms with E-state index >= 15 is 0 Å². The lowest BCUT2D eigenvalue weighted by Crippen LogP contribution is -2.69. The zero-order valence-corrected chi connectivity index (χ0v) is 24.1. The minimum absolute atomic E-state index is 0.0665.